The fraction of sp³-hybridized carbons (Fsp3) is 0.800. The summed E-state index contributed by atoms with van der Waals surface area (Å²) >= 11 is 0. The molecule has 2 unspecified atom stereocenters. The molecule has 0 spiro atoms. The Balaban J connectivity index is 1.72. The number of aryl methyl sites for hydroxylation is 1. The molecule has 1 aromatic heterocycles. The number of nitrogens with zero attached hydrogens (tertiary/aromatic N) is 3. The summed E-state index contributed by atoms with van der Waals surface area (Å²) in [6.45, 7) is 5.93. The molecule has 2 fully saturated rings. The van der Waals surface area contributed by atoms with E-state index in [-0.39, 0.29) is 11.3 Å². The van der Waals surface area contributed by atoms with Gasteiger partial charge in [0.1, 0.15) is 11.9 Å². The first-order valence-corrected chi connectivity index (χ1v) is 9.87. The Bertz CT molecular complexity index is 590. The van der Waals surface area contributed by atoms with E-state index in [2.05, 4.69) is 18.8 Å². The number of hydrogen-bond donors (Lipinski definition) is 1. The summed E-state index contributed by atoms with van der Waals surface area (Å²) in [5.41, 5.74) is -0.149. The van der Waals surface area contributed by atoms with Gasteiger partial charge in [-0.05, 0) is 38.0 Å². The molecule has 1 amide bonds. The van der Waals surface area contributed by atoms with E-state index >= 15 is 0 Å². The van der Waals surface area contributed by atoms with E-state index in [1.54, 1.807) is 6.20 Å². The summed E-state index contributed by atoms with van der Waals surface area (Å²) in [6, 6.07) is 0. The van der Waals surface area contributed by atoms with Crippen LogP contribution in [0.3, 0.4) is 0 Å². The summed E-state index contributed by atoms with van der Waals surface area (Å²) in [5, 5.41) is 10.8. The molecule has 1 saturated carbocycles. The molecule has 1 aliphatic heterocycles. The quantitative estimate of drug-likeness (QED) is 0.889. The van der Waals surface area contributed by atoms with E-state index in [9.17, 15) is 9.90 Å². The third-order valence-electron chi connectivity index (χ3n) is 6.13. The minimum absolute atomic E-state index is 0.0799. The van der Waals surface area contributed by atoms with Crippen molar-refractivity contribution < 1.29 is 9.90 Å². The van der Waals surface area contributed by atoms with E-state index in [1.165, 1.54) is 12.8 Å². The number of rotatable bonds is 5. The molecule has 140 valence electrons. The average molecular weight is 348 g/mol. The van der Waals surface area contributed by atoms with Gasteiger partial charge < -0.3 is 14.6 Å². The highest BCUT2D eigenvalue weighted by Crippen LogP contribution is 2.45. The first kappa shape index (κ1) is 18.4. The molecule has 0 bridgehead atoms. The van der Waals surface area contributed by atoms with Crippen LogP contribution < -0.4 is 0 Å². The fourth-order valence-electron chi connectivity index (χ4n) is 5.00. The second kappa shape index (κ2) is 7.48. The third kappa shape index (κ3) is 3.76. The molecular formula is C20H33N3O2. The average Bonchev–Trinajstić information content (AvgIpc) is 3.23. The molecule has 0 radical (unpaired) electrons. The van der Waals surface area contributed by atoms with Crippen LogP contribution in [-0.2, 0) is 11.8 Å². The van der Waals surface area contributed by atoms with Crippen LogP contribution in [0.2, 0.25) is 0 Å². The van der Waals surface area contributed by atoms with Crippen molar-refractivity contribution in [2.45, 2.75) is 64.9 Å². The lowest BCUT2D eigenvalue weighted by molar-refractivity contribution is -0.146. The highest BCUT2D eigenvalue weighted by atomic mass is 16.3. The van der Waals surface area contributed by atoms with Gasteiger partial charge in [0.15, 0.2) is 0 Å². The number of carbonyl (C=O) groups excluding carboxylic acids is 1. The molecule has 1 aliphatic carbocycles. The van der Waals surface area contributed by atoms with Crippen molar-refractivity contribution in [3.63, 3.8) is 0 Å². The lowest BCUT2D eigenvalue weighted by Gasteiger charge is -2.40. The highest BCUT2D eigenvalue weighted by molar-refractivity contribution is 5.83. The number of amides is 1. The molecule has 5 heteroatoms. The Morgan fingerprint density at radius 2 is 2.08 bits per heavy atom. The van der Waals surface area contributed by atoms with Crippen molar-refractivity contribution in [2.75, 3.05) is 13.1 Å². The van der Waals surface area contributed by atoms with Gasteiger partial charge in [0.25, 0.3) is 0 Å². The molecule has 1 saturated heterocycles. The fourth-order valence-corrected chi connectivity index (χ4v) is 5.00. The molecule has 5 nitrogen and oxygen atoms in total. The number of piperidine rings is 1. The van der Waals surface area contributed by atoms with Gasteiger partial charge in [-0.25, -0.2) is 4.98 Å². The molecule has 1 N–H and O–H groups in total. The van der Waals surface area contributed by atoms with Crippen LogP contribution in [0.25, 0.3) is 0 Å². The van der Waals surface area contributed by atoms with Crippen LogP contribution in [-0.4, -0.2) is 38.6 Å². The first-order valence-electron chi connectivity index (χ1n) is 9.87. The second-order valence-electron chi connectivity index (χ2n) is 8.58. The number of aliphatic hydroxyl groups is 1. The van der Waals surface area contributed by atoms with E-state index < -0.39 is 6.10 Å². The minimum atomic E-state index is -0.597. The lowest BCUT2D eigenvalue weighted by Crippen LogP contribution is -2.48. The minimum Gasteiger partial charge on any atom is -0.385 e. The van der Waals surface area contributed by atoms with Crippen LogP contribution in [0, 0.1) is 17.3 Å². The van der Waals surface area contributed by atoms with E-state index in [1.807, 2.05) is 22.7 Å². The van der Waals surface area contributed by atoms with E-state index in [4.69, 9.17) is 0 Å². The molecular weight excluding hydrogens is 314 g/mol. The smallest absolute Gasteiger partial charge is 0.228 e. The maximum atomic E-state index is 13.4. The zero-order valence-electron chi connectivity index (χ0n) is 15.9. The molecule has 2 heterocycles. The largest absolute Gasteiger partial charge is 0.385 e. The number of carbonyl (C=O) groups is 1. The van der Waals surface area contributed by atoms with Crippen LogP contribution >= 0.6 is 0 Å². The molecule has 0 aromatic carbocycles. The first-order chi connectivity index (χ1) is 11.9. The Morgan fingerprint density at radius 1 is 1.36 bits per heavy atom. The lowest BCUT2D eigenvalue weighted by atomic mass is 9.76. The number of hydrogen-bond acceptors (Lipinski definition) is 3. The zero-order valence-corrected chi connectivity index (χ0v) is 15.9. The van der Waals surface area contributed by atoms with Crippen molar-refractivity contribution in [3.8, 4) is 0 Å². The molecule has 1 aromatic rings. The van der Waals surface area contributed by atoms with Gasteiger partial charge in [-0.2, -0.15) is 0 Å². The predicted octanol–water partition coefficient (Wildman–Crippen LogP) is 3.30. The van der Waals surface area contributed by atoms with Crippen molar-refractivity contribution in [1.29, 1.82) is 0 Å². The van der Waals surface area contributed by atoms with Gasteiger partial charge in [-0.3, -0.25) is 4.79 Å². The predicted molar refractivity (Wildman–Crippen MR) is 97.8 cm³/mol. The zero-order chi connectivity index (χ0) is 18.0. The van der Waals surface area contributed by atoms with Gasteiger partial charge in [-0.1, -0.05) is 26.7 Å². The van der Waals surface area contributed by atoms with E-state index in [0.29, 0.717) is 24.2 Å². The maximum absolute atomic E-state index is 13.4. The monoisotopic (exact) mass is 347 g/mol. The van der Waals surface area contributed by atoms with Gasteiger partial charge in [0.05, 0.1) is 0 Å². The van der Waals surface area contributed by atoms with Gasteiger partial charge in [-0.15, -0.1) is 0 Å². The van der Waals surface area contributed by atoms with Crippen molar-refractivity contribution >= 4 is 5.91 Å². The number of aromatic nitrogens is 2. The maximum Gasteiger partial charge on any atom is 0.228 e. The van der Waals surface area contributed by atoms with Crippen LogP contribution in [0.15, 0.2) is 12.4 Å². The van der Waals surface area contributed by atoms with Crippen molar-refractivity contribution in [3.05, 3.63) is 18.2 Å². The summed E-state index contributed by atoms with van der Waals surface area (Å²) in [5.74, 6) is 1.67. The summed E-state index contributed by atoms with van der Waals surface area (Å²) in [7, 11) is 1.91. The Kier molecular flexibility index (Phi) is 5.52. The van der Waals surface area contributed by atoms with E-state index in [0.717, 1.165) is 38.6 Å². The summed E-state index contributed by atoms with van der Waals surface area (Å²) in [4.78, 5) is 19.8. The molecule has 2 aliphatic rings. The highest BCUT2D eigenvalue weighted by Gasteiger charge is 2.45. The standard InChI is InChI=1S/C20H33N3O2/c1-15(2)13-20(8-4-5-9-20)19(25)23-11-6-7-16(14-23)17(24)18-21-10-12-22(18)3/h10,12,15-17,24H,4-9,11,13-14H2,1-3H3. The number of likely N-dealkylation sites (tertiary alicyclic amines) is 1. The van der Waals surface area contributed by atoms with Crippen molar-refractivity contribution in [2.24, 2.45) is 24.3 Å². The Labute approximate surface area is 151 Å². The Morgan fingerprint density at radius 3 is 2.68 bits per heavy atom. The molecule has 3 rings (SSSR count). The summed E-state index contributed by atoms with van der Waals surface area (Å²) in [6.07, 6.45) is 10.3. The molecule has 25 heavy (non-hydrogen) atoms. The van der Waals surface area contributed by atoms with Crippen LogP contribution in [0.1, 0.15) is 70.7 Å². The number of aliphatic hydroxyl groups excluding tert-OH is 1. The third-order valence-corrected chi connectivity index (χ3v) is 6.13. The summed E-state index contributed by atoms with van der Waals surface area (Å²) < 4.78 is 1.88. The topological polar surface area (TPSA) is 58.4 Å². The van der Waals surface area contributed by atoms with Gasteiger partial charge in [0, 0.05) is 43.9 Å². The van der Waals surface area contributed by atoms with Crippen LogP contribution in [0.4, 0.5) is 0 Å². The number of imidazole rings is 1. The SMILES string of the molecule is CC(C)CC1(C(=O)N2CCCC(C(O)c3nccn3C)C2)CCCC1. The molecule has 2 atom stereocenters. The van der Waals surface area contributed by atoms with Gasteiger partial charge in [0.2, 0.25) is 5.91 Å². The Hall–Kier alpha value is -1.36. The van der Waals surface area contributed by atoms with Crippen molar-refractivity contribution in [1.82, 2.24) is 14.5 Å². The second-order valence-corrected chi connectivity index (χ2v) is 8.58. The van der Waals surface area contributed by atoms with Crippen LogP contribution in [0.5, 0.6) is 0 Å². The normalized spacial score (nSPS) is 24.7. The van der Waals surface area contributed by atoms with Gasteiger partial charge >= 0.3 is 0 Å².